The van der Waals surface area contributed by atoms with Gasteiger partial charge < -0.3 is 16.0 Å². The number of carbonyl (C=O) groups is 2. The van der Waals surface area contributed by atoms with Crippen molar-refractivity contribution >= 4 is 29.0 Å². The molecule has 2 aromatic rings. The van der Waals surface area contributed by atoms with E-state index in [2.05, 4.69) is 10.3 Å². The Hall–Kier alpha value is -3.36. The standard InChI is InChI=1S/C18H23N5O4/c1-4-5-10-23-15(19)14(16(25)21-18(23)27)22(3)17(26)12-6-8-13(9-7-12)20-11(2)24/h6-9H,4-5,10,19H2,1-3H3,(H,20,24)(H,21,25,27). The van der Waals surface area contributed by atoms with Gasteiger partial charge >= 0.3 is 5.69 Å². The first-order valence-electron chi connectivity index (χ1n) is 8.54. The molecule has 0 aliphatic heterocycles. The molecule has 1 aromatic heterocycles. The quantitative estimate of drug-likeness (QED) is 0.699. The summed E-state index contributed by atoms with van der Waals surface area (Å²) >= 11 is 0. The van der Waals surface area contributed by atoms with Crippen molar-refractivity contribution in [2.45, 2.75) is 33.2 Å². The number of carbonyl (C=O) groups excluding carboxylic acids is 2. The lowest BCUT2D eigenvalue weighted by atomic mass is 10.1. The number of H-pyrrole nitrogens is 1. The predicted molar refractivity (Wildman–Crippen MR) is 104 cm³/mol. The van der Waals surface area contributed by atoms with Gasteiger partial charge in [-0.1, -0.05) is 13.3 Å². The highest BCUT2D eigenvalue weighted by Gasteiger charge is 2.22. The smallest absolute Gasteiger partial charge is 0.330 e. The average Bonchev–Trinajstić information content (AvgIpc) is 2.60. The van der Waals surface area contributed by atoms with Gasteiger partial charge in [-0.2, -0.15) is 0 Å². The molecule has 1 aromatic carbocycles. The number of aromatic amines is 1. The predicted octanol–water partition coefficient (Wildman–Crippen LogP) is 1.15. The summed E-state index contributed by atoms with van der Waals surface area (Å²) in [6.07, 6.45) is 1.55. The van der Waals surface area contributed by atoms with Gasteiger partial charge in [0.15, 0.2) is 5.69 Å². The van der Waals surface area contributed by atoms with Crippen molar-refractivity contribution in [2.24, 2.45) is 0 Å². The van der Waals surface area contributed by atoms with Crippen molar-refractivity contribution in [3.63, 3.8) is 0 Å². The molecule has 9 nitrogen and oxygen atoms in total. The molecule has 0 aliphatic carbocycles. The Kier molecular flexibility index (Phi) is 6.17. The van der Waals surface area contributed by atoms with E-state index in [1.807, 2.05) is 6.92 Å². The molecule has 4 N–H and O–H groups in total. The van der Waals surface area contributed by atoms with Crippen molar-refractivity contribution < 1.29 is 9.59 Å². The summed E-state index contributed by atoms with van der Waals surface area (Å²) in [5, 5.41) is 2.61. The van der Waals surface area contributed by atoms with Gasteiger partial charge in [0.1, 0.15) is 5.82 Å². The van der Waals surface area contributed by atoms with Crippen LogP contribution in [0.5, 0.6) is 0 Å². The fraction of sp³-hybridized carbons (Fsp3) is 0.333. The zero-order chi connectivity index (χ0) is 20.1. The lowest BCUT2D eigenvalue weighted by molar-refractivity contribution is -0.114. The van der Waals surface area contributed by atoms with Gasteiger partial charge in [-0.15, -0.1) is 0 Å². The number of nitrogens with two attached hydrogens (primary N) is 1. The molecule has 144 valence electrons. The summed E-state index contributed by atoms with van der Waals surface area (Å²) < 4.78 is 1.25. The summed E-state index contributed by atoms with van der Waals surface area (Å²) in [4.78, 5) is 51.4. The normalized spacial score (nSPS) is 10.5. The Balaban J connectivity index is 2.37. The molecule has 0 bridgehead atoms. The van der Waals surface area contributed by atoms with Crippen molar-refractivity contribution in [1.29, 1.82) is 0 Å². The highest BCUT2D eigenvalue weighted by atomic mass is 16.2. The number of nitrogens with one attached hydrogen (secondary N) is 2. The van der Waals surface area contributed by atoms with Crippen LogP contribution < -0.4 is 27.2 Å². The maximum atomic E-state index is 12.7. The minimum Gasteiger partial charge on any atom is -0.383 e. The van der Waals surface area contributed by atoms with Crippen LogP contribution in [0.1, 0.15) is 37.0 Å². The monoisotopic (exact) mass is 373 g/mol. The summed E-state index contributed by atoms with van der Waals surface area (Å²) in [6.45, 7) is 3.70. The first kappa shape index (κ1) is 20.0. The Morgan fingerprint density at radius 1 is 1.22 bits per heavy atom. The molecule has 0 spiro atoms. The number of hydrogen-bond donors (Lipinski definition) is 3. The molecule has 0 saturated heterocycles. The summed E-state index contributed by atoms with van der Waals surface area (Å²) in [6, 6.07) is 6.22. The lowest BCUT2D eigenvalue weighted by Crippen LogP contribution is -2.39. The van der Waals surface area contributed by atoms with Crippen LogP contribution in [0.2, 0.25) is 0 Å². The summed E-state index contributed by atoms with van der Waals surface area (Å²) in [5.74, 6) is -0.745. The van der Waals surface area contributed by atoms with E-state index in [1.165, 1.54) is 30.7 Å². The average molecular weight is 373 g/mol. The number of amides is 2. The number of hydrogen-bond acceptors (Lipinski definition) is 5. The molecule has 2 amide bonds. The highest BCUT2D eigenvalue weighted by molar-refractivity contribution is 6.07. The van der Waals surface area contributed by atoms with Gasteiger partial charge in [-0.05, 0) is 30.7 Å². The van der Waals surface area contributed by atoms with E-state index in [-0.39, 0.29) is 17.4 Å². The summed E-state index contributed by atoms with van der Waals surface area (Å²) in [5.41, 5.74) is 5.46. The highest BCUT2D eigenvalue weighted by Crippen LogP contribution is 2.19. The molecule has 0 fully saturated rings. The third-order valence-corrected chi connectivity index (χ3v) is 4.04. The van der Waals surface area contributed by atoms with Crippen LogP contribution in [-0.4, -0.2) is 28.4 Å². The second kappa shape index (κ2) is 8.35. The van der Waals surface area contributed by atoms with E-state index in [1.54, 1.807) is 12.1 Å². The number of aromatic nitrogens is 2. The fourth-order valence-corrected chi connectivity index (χ4v) is 2.63. The molecular formula is C18H23N5O4. The van der Waals surface area contributed by atoms with Gasteiger partial charge in [0.2, 0.25) is 5.91 Å². The Morgan fingerprint density at radius 3 is 2.41 bits per heavy atom. The SMILES string of the molecule is CCCCn1c(N)c(N(C)C(=O)c2ccc(NC(C)=O)cc2)c(=O)[nH]c1=O. The van der Waals surface area contributed by atoms with Gasteiger partial charge in [-0.3, -0.25) is 23.9 Å². The minimum atomic E-state index is -0.726. The molecule has 0 atom stereocenters. The van der Waals surface area contributed by atoms with E-state index in [0.29, 0.717) is 24.2 Å². The van der Waals surface area contributed by atoms with Crippen molar-refractivity contribution in [2.75, 3.05) is 23.0 Å². The molecule has 9 heteroatoms. The van der Waals surface area contributed by atoms with Crippen LogP contribution in [0.4, 0.5) is 17.2 Å². The molecule has 0 unspecified atom stereocenters. The fourth-order valence-electron chi connectivity index (χ4n) is 2.63. The van der Waals surface area contributed by atoms with Gasteiger partial charge in [-0.25, -0.2) is 4.79 Å². The first-order chi connectivity index (χ1) is 12.8. The number of unbranched alkanes of at least 4 members (excludes halogenated alkanes) is 1. The van der Waals surface area contributed by atoms with Crippen LogP contribution in [0.3, 0.4) is 0 Å². The van der Waals surface area contributed by atoms with E-state index in [4.69, 9.17) is 5.73 Å². The zero-order valence-corrected chi connectivity index (χ0v) is 15.5. The van der Waals surface area contributed by atoms with Gasteiger partial charge in [0, 0.05) is 31.8 Å². The maximum Gasteiger partial charge on any atom is 0.330 e. The lowest BCUT2D eigenvalue weighted by Gasteiger charge is -2.20. The van der Waals surface area contributed by atoms with Crippen LogP contribution in [0.15, 0.2) is 33.9 Å². The second-order valence-corrected chi connectivity index (χ2v) is 6.12. The maximum absolute atomic E-state index is 12.7. The third kappa shape index (κ3) is 4.43. The van der Waals surface area contributed by atoms with Gasteiger partial charge in [0.05, 0.1) is 0 Å². The zero-order valence-electron chi connectivity index (χ0n) is 15.5. The number of anilines is 3. The van der Waals surface area contributed by atoms with Crippen LogP contribution >= 0.6 is 0 Å². The van der Waals surface area contributed by atoms with E-state index in [0.717, 1.165) is 11.3 Å². The van der Waals surface area contributed by atoms with Crippen molar-refractivity contribution in [3.8, 4) is 0 Å². The number of nitrogen functional groups attached to an aromatic ring is 1. The third-order valence-electron chi connectivity index (χ3n) is 4.04. The molecular weight excluding hydrogens is 350 g/mol. The molecule has 1 heterocycles. The Morgan fingerprint density at radius 2 is 1.85 bits per heavy atom. The first-order valence-corrected chi connectivity index (χ1v) is 8.54. The van der Waals surface area contributed by atoms with E-state index >= 15 is 0 Å². The number of nitrogens with zero attached hydrogens (tertiary/aromatic N) is 2. The molecule has 0 saturated carbocycles. The van der Waals surface area contributed by atoms with E-state index < -0.39 is 17.2 Å². The minimum absolute atomic E-state index is 0.0529. The van der Waals surface area contributed by atoms with Crippen LogP contribution in [-0.2, 0) is 11.3 Å². The number of benzene rings is 1. The largest absolute Gasteiger partial charge is 0.383 e. The van der Waals surface area contributed by atoms with E-state index in [9.17, 15) is 19.2 Å². The summed E-state index contributed by atoms with van der Waals surface area (Å²) in [7, 11) is 1.42. The van der Waals surface area contributed by atoms with Crippen molar-refractivity contribution in [3.05, 3.63) is 50.7 Å². The second-order valence-electron chi connectivity index (χ2n) is 6.12. The molecule has 0 radical (unpaired) electrons. The molecule has 27 heavy (non-hydrogen) atoms. The number of rotatable bonds is 6. The Labute approximate surface area is 155 Å². The molecule has 2 rings (SSSR count). The molecule has 0 aliphatic rings. The van der Waals surface area contributed by atoms with Gasteiger partial charge in [0.25, 0.3) is 11.5 Å². The van der Waals surface area contributed by atoms with Crippen molar-refractivity contribution in [1.82, 2.24) is 9.55 Å². The van der Waals surface area contributed by atoms with Crippen LogP contribution in [0.25, 0.3) is 0 Å². The Bertz CT molecular complexity index is 959. The van der Waals surface area contributed by atoms with Crippen LogP contribution in [0, 0.1) is 0 Å². The topological polar surface area (TPSA) is 130 Å².